The summed E-state index contributed by atoms with van der Waals surface area (Å²) < 4.78 is 4.99. The second-order valence-electron chi connectivity index (χ2n) is 8.56. The number of rotatable bonds is 3. The molecule has 4 atom stereocenters. The van der Waals surface area contributed by atoms with Crippen LogP contribution in [0.5, 0.6) is 0 Å². The van der Waals surface area contributed by atoms with Gasteiger partial charge in [-0.3, -0.25) is 4.79 Å². The van der Waals surface area contributed by atoms with Gasteiger partial charge in [-0.1, -0.05) is 38.1 Å². The zero-order chi connectivity index (χ0) is 18.2. The van der Waals surface area contributed by atoms with Crippen LogP contribution in [0.3, 0.4) is 0 Å². The largest absolute Gasteiger partial charge is 0.469 e. The first-order valence-electron chi connectivity index (χ1n) is 9.41. The molecule has 1 aromatic carbocycles. The molecule has 138 valence electrons. The molecule has 25 heavy (non-hydrogen) atoms. The molecule has 1 aromatic rings. The Morgan fingerprint density at radius 2 is 1.88 bits per heavy atom. The molecule has 4 nitrogen and oxygen atoms in total. The van der Waals surface area contributed by atoms with Crippen molar-refractivity contribution in [1.29, 1.82) is 0 Å². The van der Waals surface area contributed by atoms with Crippen molar-refractivity contribution in [3.05, 3.63) is 35.4 Å². The van der Waals surface area contributed by atoms with Crippen molar-refractivity contribution in [3.8, 4) is 0 Å². The third-order valence-electron chi connectivity index (χ3n) is 6.84. The van der Waals surface area contributed by atoms with E-state index in [0.29, 0.717) is 18.9 Å². The van der Waals surface area contributed by atoms with Crippen LogP contribution in [-0.2, 0) is 21.7 Å². The third kappa shape index (κ3) is 3.22. The Balaban J connectivity index is 1.95. The van der Waals surface area contributed by atoms with Crippen molar-refractivity contribution in [2.45, 2.75) is 58.1 Å². The molecule has 2 fully saturated rings. The molecule has 0 saturated heterocycles. The molecule has 0 aliphatic heterocycles. The van der Waals surface area contributed by atoms with Crippen LogP contribution in [0.25, 0.3) is 0 Å². The summed E-state index contributed by atoms with van der Waals surface area (Å²) in [5.41, 5.74) is 7.05. The van der Waals surface area contributed by atoms with Crippen LogP contribution in [0.4, 0.5) is 0 Å². The van der Waals surface area contributed by atoms with Crippen molar-refractivity contribution in [2.24, 2.45) is 28.9 Å². The van der Waals surface area contributed by atoms with E-state index in [1.807, 2.05) is 24.3 Å². The summed E-state index contributed by atoms with van der Waals surface area (Å²) in [6.07, 6.45) is 4.26. The molecule has 2 saturated carbocycles. The van der Waals surface area contributed by atoms with Crippen LogP contribution >= 0.6 is 0 Å². The molecule has 0 amide bonds. The number of methoxy groups -OCH3 is 1. The standard InChI is InChI=1S/C21H31NO3/c1-20(2)10-11-21(24,16-7-4-14(13-22)5-8-16)18-12-15(19(23)25-3)6-9-17(18)20/h4-5,7-8,15,17-18,24H,6,9-13,22H2,1-3H3. The van der Waals surface area contributed by atoms with Gasteiger partial charge in [0.1, 0.15) is 0 Å². The number of fused-ring (bicyclic) bond motifs is 1. The van der Waals surface area contributed by atoms with Crippen LogP contribution in [0, 0.1) is 23.2 Å². The van der Waals surface area contributed by atoms with Gasteiger partial charge in [-0.05, 0) is 60.5 Å². The lowest BCUT2D eigenvalue weighted by Gasteiger charge is -2.55. The van der Waals surface area contributed by atoms with Crippen molar-refractivity contribution >= 4 is 5.97 Å². The number of esters is 1. The lowest BCUT2D eigenvalue weighted by Crippen LogP contribution is -2.52. The van der Waals surface area contributed by atoms with E-state index in [9.17, 15) is 9.90 Å². The Kier molecular flexibility index (Phi) is 4.95. The Hall–Kier alpha value is -1.39. The summed E-state index contributed by atoms with van der Waals surface area (Å²) in [6, 6.07) is 8.03. The highest BCUT2D eigenvalue weighted by atomic mass is 16.5. The van der Waals surface area contributed by atoms with Crippen molar-refractivity contribution < 1.29 is 14.6 Å². The van der Waals surface area contributed by atoms with E-state index in [-0.39, 0.29) is 23.2 Å². The van der Waals surface area contributed by atoms with Gasteiger partial charge in [0.15, 0.2) is 0 Å². The molecule has 0 aromatic heterocycles. The lowest BCUT2D eigenvalue weighted by molar-refractivity contribution is -0.163. The Bertz CT molecular complexity index is 625. The molecule has 0 spiro atoms. The zero-order valence-electron chi connectivity index (χ0n) is 15.6. The second kappa shape index (κ2) is 6.73. The normalized spacial score (nSPS) is 34.2. The summed E-state index contributed by atoms with van der Waals surface area (Å²) in [7, 11) is 1.46. The van der Waals surface area contributed by atoms with Gasteiger partial charge in [-0.25, -0.2) is 0 Å². The van der Waals surface area contributed by atoms with Gasteiger partial charge in [-0.15, -0.1) is 0 Å². The number of hydrogen-bond donors (Lipinski definition) is 2. The number of nitrogens with two attached hydrogens (primary N) is 1. The van der Waals surface area contributed by atoms with E-state index < -0.39 is 5.60 Å². The monoisotopic (exact) mass is 345 g/mol. The van der Waals surface area contributed by atoms with Crippen molar-refractivity contribution in [2.75, 3.05) is 7.11 Å². The van der Waals surface area contributed by atoms with Crippen molar-refractivity contribution in [1.82, 2.24) is 0 Å². The molecular formula is C21H31NO3. The Morgan fingerprint density at radius 3 is 2.48 bits per heavy atom. The quantitative estimate of drug-likeness (QED) is 0.824. The van der Waals surface area contributed by atoms with Crippen LogP contribution in [0.15, 0.2) is 24.3 Å². The van der Waals surface area contributed by atoms with Gasteiger partial charge in [0, 0.05) is 6.54 Å². The third-order valence-corrected chi connectivity index (χ3v) is 6.84. The van der Waals surface area contributed by atoms with Crippen LogP contribution in [0.2, 0.25) is 0 Å². The number of aliphatic hydroxyl groups is 1. The molecule has 0 radical (unpaired) electrons. The van der Waals surface area contributed by atoms with Crippen molar-refractivity contribution in [3.63, 3.8) is 0 Å². The lowest BCUT2D eigenvalue weighted by atomic mass is 9.51. The first-order chi connectivity index (χ1) is 11.8. The predicted molar refractivity (Wildman–Crippen MR) is 97.6 cm³/mol. The van der Waals surface area contributed by atoms with E-state index >= 15 is 0 Å². The van der Waals surface area contributed by atoms with E-state index in [4.69, 9.17) is 10.5 Å². The minimum absolute atomic E-state index is 0.0813. The zero-order valence-corrected chi connectivity index (χ0v) is 15.6. The summed E-state index contributed by atoms with van der Waals surface area (Å²) in [5, 5.41) is 11.7. The number of carbonyl (C=O) groups excluding carboxylic acids is 1. The molecule has 0 heterocycles. The fraction of sp³-hybridized carbons (Fsp3) is 0.667. The number of ether oxygens (including phenoxy) is 1. The molecule has 3 N–H and O–H groups in total. The molecule has 0 bridgehead atoms. The first kappa shape index (κ1) is 18.4. The number of hydrogen-bond acceptors (Lipinski definition) is 4. The highest BCUT2D eigenvalue weighted by molar-refractivity contribution is 5.72. The highest BCUT2D eigenvalue weighted by Crippen LogP contribution is 2.58. The fourth-order valence-electron chi connectivity index (χ4n) is 5.19. The van der Waals surface area contributed by atoms with Gasteiger partial charge < -0.3 is 15.6 Å². The van der Waals surface area contributed by atoms with E-state index in [1.165, 1.54) is 7.11 Å². The van der Waals surface area contributed by atoms with Gasteiger partial charge in [0.25, 0.3) is 0 Å². The van der Waals surface area contributed by atoms with Crippen LogP contribution in [-0.4, -0.2) is 18.2 Å². The average molecular weight is 345 g/mol. The molecule has 4 heteroatoms. The fourth-order valence-corrected chi connectivity index (χ4v) is 5.19. The van der Waals surface area contributed by atoms with E-state index in [0.717, 1.165) is 36.8 Å². The summed E-state index contributed by atoms with van der Waals surface area (Å²) in [6.45, 7) is 5.11. The maximum atomic E-state index is 12.1. The predicted octanol–water partition coefficient (Wildman–Crippen LogP) is 3.36. The summed E-state index contributed by atoms with van der Waals surface area (Å²) >= 11 is 0. The number of benzene rings is 1. The number of carbonyl (C=O) groups is 1. The van der Waals surface area contributed by atoms with Gasteiger partial charge in [0.2, 0.25) is 0 Å². The van der Waals surface area contributed by atoms with Crippen LogP contribution in [0.1, 0.15) is 57.1 Å². The second-order valence-corrected chi connectivity index (χ2v) is 8.56. The van der Waals surface area contributed by atoms with Gasteiger partial charge in [-0.2, -0.15) is 0 Å². The minimum Gasteiger partial charge on any atom is -0.469 e. The topological polar surface area (TPSA) is 72.5 Å². The maximum Gasteiger partial charge on any atom is 0.308 e. The Labute approximate surface area is 150 Å². The average Bonchev–Trinajstić information content (AvgIpc) is 2.64. The van der Waals surface area contributed by atoms with Gasteiger partial charge in [0.05, 0.1) is 18.6 Å². The van der Waals surface area contributed by atoms with Gasteiger partial charge >= 0.3 is 5.97 Å². The smallest absolute Gasteiger partial charge is 0.308 e. The SMILES string of the molecule is COC(=O)C1CCC2C(C1)C(O)(c1ccc(CN)cc1)CCC2(C)C. The van der Waals surface area contributed by atoms with E-state index in [1.54, 1.807) is 0 Å². The van der Waals surface area contributed by atoms with Crippen LogP contribution < -0.4 is 5.73 Å². The molecule has 2 aliphatic carbocycles. The molecule has 2 aliphatic rings. The molecular weight excluding hydrogens is 314 g/mol. The summed E-state index contributed by atoms with van der Waals surface area (Å²) in [4.78, 5) is 12.1. The Morgan fingerprint density at radius 1 is 1.20 bits per heavy atom. The first-order valence-corrected chi connectivity index (χ1v) is 9.41. The van der Waals surface area contributed by atoms with E-state index in [2.05, 4.69) is 13.8 Å². The summed E-state index contributed by atoms with van der Waals surface area (Å²) in [5.74, 6) is 0.261. The molecule has 3 rings (SSSR count). The minimum atomic E-state index is -0.875. The molecule has 4 unspecified atom stereocenters. The maximum absolute atomic E-state index is 12.1. The highest BCUT2D eigenvalue weighted by Gasteiger charge is 2.54.